The van der Waals surface area contributed by atoms with Crippen LogP contribution in [0.3, 0.4) is 0 Å². The molecule has 0 spiro atoms. The summed E-state index contributed by atoms with van der Waals surface area (Å²) in [5.41, 5.74) is 6.95. The Kier molecular flexibility index (Phi) is 4.05. The lowest BCUT2D eigenvalue weighted by atomic mass is 10.2. The molecule has 0 amide bonds. The molecule has 8 heteroatoms. The molecular formula is C19H18N6OS. The minimum absolute atomic E-state index is 0.506. The predicted molar refractivity (Wildman–Crippen MR) is 103 cm³/mol. The maximum Gasteiger partial charge on any atom is 0.192 e. The zero-order valence-corrected chi connectivity index (χ0v) is 15.4. The Bertz CT molecular complexity index is 1090. The van der Waals surface area contributed by atoms with Gasteiger partial charge in [-0.1, -0.05) is 23.9 Å². The van der Waals surface area contributed by atoms with Gasteiger partial charge in [0.1, 0.15) is 23.2 Å². The largest absolute Gasteiger partial charge is 0.467 e. The Morgan fingerprint density at radius 1 is 1.11 bits per heavy atom. The third kappa shape index (κ3) is 3.28. The van der Waals surface area contributed by atoms with Crippen molar-refractivity contribution >= 4 is 28.5 Å². The van der Waals surface area contributed by atoms with Crippen LogP contribution in [0.5, 0.6) is 0 Å². The highest BCUT2D eigenvalue weighted by molar-refractivity contribution is 7.98. The van der Waals surface area contributed by atoms with E-state index in [4.69, 9.17) is 10.2 Å². The minimum Gasteiger partial charge on any atom is -0.467 e. The molecule has 0 saturated heterocycles. The van der Waals surface area contributed by atoms with Gasteiger partial charge in [0.15, 0.2) is 5.16 Å². The van der Waals surface area contributed by atoms with Crippen LogP contribution in [0.1, 0.15) is 36.2 Å². The number of para-hydroxylation sites is 1. The predicted octanol–water partition coefficient (Wildman–Crippen LogP) is 3.61. The van der Waals surface area contributed by atoms with Crippen LogP contribution in [-0.4, -0.2) is 24.7 Å². The van der Waals surface area contributed by atoms with Gasteiger partial charge in [0.25, 0.3) is 0 Å². The topological polar surface area (TPSA) is 95.7 Å². The summed E-state index contributed by atoms with van der Waals surface area (Å²) in [7, 11) is 0. The van der Waals surface area contributed by atoms with E-state index in [2.05, 4.69) is 24.7 Å². The van der Waals surface area contributed by atoms with E-state index in [1.165, 1.54) is 12.8 Å². The second-order valence-electron chi connectivity index (χ2n) is 6.61. The van der Waals surface area contributed by atoms with E-state index in [-0.39, 0.29) is 0 Å². The molecule has 0 bridgehead atoms. The number of thioether (sulfide) groups is 1. The lowest BCUT2D eigenvalue weighted by molar-refractivity contribution is 0.478. The van der Waals surface area contributed by atoms with Gasteiger partial charge in [-0.3, -0.25) is 4.57 Å². The second-order valence-corrected chi connectivity index (χ2v) is 7.55. The molecule has 1 aliphatic carbocycles. The molecule has 1 aliphatic rings. The van der Waals surface area contributed by atoms with Crippen molar-refractivity contribution in [1.82, 2.24) is 24.7 Å². The molecule has 3 heterocycles. The van der Waals surface area contributed by atoms with Crippen LogP contribution in [0.2, 0.25) is 0 Å². The fourth-order valence-electron chi connectivity index (χ4n) is 3.10. The number of hydrogen-bond acceptors (Lipinski definition) is 7. The minimum atomic E-state index is 0.506. The van der Waals surface area contributed by atoms with Crippen LogP contribution < -0.4 is 5.73 Å². The quantitative estimate of drug-likeness (QED) is 0.512. The monoisotopic (exact) mass is 378 g/mol. The average molecular weight is 378 g/mol. The maximum atomic E-state index is 6.09. The normalized spacial score (nSPS) is 14.1. The molecule has 2 N–H and O–H groups in total. The molecule has 1 saturated carbocycles. The number of nitrogens with zero attached hydrogens (tertiary/aromatic N) is 5. The van der Waals surface area contributed by atoms with Crippen LogP contribution in [0.25, 0.3) is 10.9 Å². The molecule has 1 fully saturated rings. The van der Waals surface area contributed by atoms with Crippen LogP contribution in [-0.2, 0) is 12.3 Å². The van der Waals surface area contributed by atoms with Gasteiger partial charge >= 0.3 is 0 Å². The van der Waals surface area contributed by atoms with Crippen molar-refractivity contribution in [3.05, 3.63) is 60.1 Å². The molecular weight excluding hydrogens is 360 g/mol. The fourth-order valence-corrected chi connectivity index (χ4v) is 3.90. The fraction of sp³-hybridized carbons (Fsp3) is 0.263. The summed E-state index contributed by atoms with van der Waals surface area (Å²) in [6.45, 7) is 0.634. The first-order valence-corrected chi connectivity index (χ1v) is 9.86. The first kappa shape index (κ1) is 16.3. The van der Waals surface area contributed by atoms with Crippen LogP contribution in [0, 0.1) is 0 Å². The number of furan rings is 1. The smallest absolute Gasteiger partial charge is 0.192 e. The van der Waals surface area contributed by atoms with Gasteiger partial charge in [0.2, 0.25) is 0 Å². The average Bonchev–Trinajstić information content (AvgIpc) is 3.24. The highest BCUT2D eigenvalue weighted by atomic mass is 32.2. The first-order chi connectivity index (χ1) is 13.3. The van der Waals surface area contributed by atoms with E-state index in [9.17, 15) is 0 Å². The summed E-state index contributed by atoms with van der Waals surface area (Å²) in [6, 6.07) is 11.6. The van der Waals surface area contributed by atoms with Crippen LogP contribution >= 0.6 is 11.8 Å². The third-order valence-corrected chi connectivity index (χ3v) is 5.55. The summed E-state index contributed by atoms with van der Waals surface area (Å²) < 4.78 is 7.66. The van der Waals surface area contributed by atoms with E-state index in [1.54, 1.807) is 18.0 Å². The Labute approximate surface area is 160 Å². The molecule has 3 aromatic heterocycles. The zero-order valence-electron chi connectivity index (χ0n) is 14.6. The number of fused-ring (bicyclic) bond motifs is 1. The number of benzene rings is 1. The SMILES string of the molecule is Nc1nc(CSc2nnc(C3CC3)n2Cc2ccco2)nc2ccccc12. The highest BCUT2D eigenvalue weighted by Gasteiger charge is 2.30. The zero-order chi connectivity index (χ0) is 18.2. The Balaban J connectivity index is 1.41. The molecule has 27 heavy (non-hydrogen) atoms. The summed E-state index contributed by atoms with van der Waals surface area (Å²) in [6.07, 6.45) is 4.03. The second kappa shape index (κ2) is 6.70. The van der Waals surface area contributed by atoms with E-state index < -0.39 is 0 Å². The number of rotatable bonds is 6. The molecule has 5 rings (SSSR count). The van der Waals surface area contributed by atoms with E-state index in [0.717, 1.165) is 27.6 Å². The standard InChI is InChI=1S/C19H18N6OS/c20-17-14-5-1-2-6-15(14)21-16(22-17)11-27-19-24-23-18(12-7-8-12)25(19)10-13-4-3-9-26-13/h1-6,9,12H,7-8,10-11H2,(H2,20,21,22). The molecule has 0 unspecified atom stereocenters. The lowest BCUT2D eigenvalue weighted by Gasteiger charge is -2.08. The van der Waals surface area contributed by atoms with Crippen molar-refractivity contribution in [2.75, 3.05) is 5.73 Å². The maximum absolute atomic E-state index is 6.09. The van der Waals surface area contributed by atoms with Crippen molar-refractivity contribution in [2.45, 2.75) is 36.2 Å². The van der Waals surface area contributed by atoms with E-state index >= 15 is 0 Å². The van der Waals surface area contributed by atoms with Gasteiger partial charge in [0, 0.05) is 11.3 Å². The Morgan fingerprint density at radius 2 is 2.00 bits per heavy atom. The number of anilines is 1. The summed E-state index contributed by atoms with van der Waals surface area (Å²) >= 11 is 1.57. The lowest BCUT2D eigenvalue weighted by Crippen LogP contribution is -2.06. The summed E-state index contributed by atoms with van der Waals surface area (Å²) in [5, 5.41) is 10.6. The molecule has 0 atom stereocenters. The molecule has 1 aromatic carbocycles. The van der Waals surface area contributed by atoms with Gasteiger partial charge < -0.3 is 10.2 Å². The molecule has 4 aromatic rings. The van der Waals surface area contributed by atoms with Crippen molar-refractivity contribution in [3.63, 3.8) is 0 Å². The number of nitrogen functional groups attached to an aromatic ring is 1. The third-order valence-electron chi connectivity index (χ3n) is 4.59. The Morgan fingerprint density at radius 3 is 2.81 bits per heavy atom. The van der Waals surface area contributed by atoms with Gasteiger partial charge in [-0.25, -0.2) is 9.97 Å². The van der Waals surface area contributed by atoms with Crippen molar-refractivity contribution in [2.24, 2.45) is 0 Å². The van der Waals surface area contributed by atoms with Crippen LogP contribution in [0.4, 0.5) is 5.82 Å². The van der Waals surface area contributed by atoms with Gasteiger partial charge in [-0.15, -0.1) is 10.2 Å². The van der Waals surface area contributed by atoms with E-state index in [0.29, 0.717) is 29.9 Å². The summed E-state index contributed by atoms with van der Waals surface area (Å²) in [5.74, 6) is 4.21. The van der Waals surface area contributed by atoms with Crippen molar-refractivity contribution < 1.29 is 4.42 Å². The Hall–Kier alpha value is -2.87. The molecule has 0 aliphatic heterocycles. The van der Waals surface area contributed by atoms with Crippen molar-refractivity contribution in [1.29, 1.82) is 0 Å². The van der Waals surface area contributed by atoms with Crippen molar-refractivity contribution in [3.8, 4) is 0 Å². The van der Waals surface area contributed by atoms with Crippen LogP contribution in [0.15, 0.2) is 52.2 Å². The van der Waals surface area contributed by atoms with Gasteiger partial charge in [0.05, 0.1) is 24.1 Å². The molecule has 0 radical (unpaired) electrons. The first-order valence-electron chi connectivity index (χ1n) is 8.87. The number of aromatic nitrogens is 5. The number of hydrogen-bond donors (Lipinski definition) is 1. The van der Waals surface area contributed by atoms with E-state index in [1.807, 2.05) is 36.4 Å². The van der Waals surface area contributed by atoms with Gasteiger partial charge in [-0.05, 0) is 37.1 Å². The summed E-state index contributed by atoms with van der Waals surface area (Å²) in [4.78, 5) is 9.07. The van der Waals surface area contributed by atoms with Gasteiger partial charge in [-0.2, -0.15) is 0 Å². The molecule has 7 nitrogen and oxygen atoms in total. The molecule has 136 valence electrons. The number of nitrogens with two attached hydrogens (primary N) is 1. The highest BCUT2D eigenvalue weighted by Crippen LogP contribution is 2.40.